The van der Waals surface area contributed by atoms with Crippen LogP contribution in [0.4, 0.5) is 5.69 Å². The van der Waals surface area contributed by atoms with Crippen LogP contribution in [0.15, 0.2) is 40.6 Å². The van der Waals surface area contributed by atoms with E-state index >= 15 is 0 Å². The van der Waals surface area contributed by atoms with Crippen molar-refractivity contribution in [3.05, 3.63) is 35.5 Å². The van der Waals surface area contributed by atoms with Gasteiger partial charge in [-0.25, -0.2) is 0 Å². The van der Waals surface area contributed by atoms with Gasteiger partial charge in [-0.05, 0) is 12.1 Å². The molecule has 0 spiro atoms. The van der Waals surface area contributed by atoms with Crippen molar-refractivity contribution in [3.63, 3.8) is 0 Å². The SMILES string of the molecule is [O-][N+](O)=CCN=Nc1ccccc1. The number of rotatable bonds is 3. The maximum Gasteiger partial charge on any atom is 0.233 e. The van der Waals surface area contributed by atoms with Crippen molar-refractivity contribution in [2.75, 3.05) is 6.54 Å². The highest BCUT2D eigenvalue weighted by Gasteiger charge is 1.86. The smallest absolute Gasteiger partial charge is 0.233 e. The van der Waals surface area contributed by atoms with E-state index in [4.69, 9.17) is 5.21 Å². The van der Waals surface area contributed by atoms with Gasteiger partial charge in [0.1, 0.15) is 6.54 Å². The molecule has 0 aliphatic carbocycles. The fraction of sp³-hybridized carbons (Fsp3) is 0.125. The van der Waals surface area contributed by atoms with Gasteiger partial charge in [0.15, 0.2) is 0 Å². The second-order valence-electron chi connectivity index (χ2n) is 2.24. The van der Waals surface area contributed by atoms with E-state index in [0.717, 1.165) is 6.21 Å². The van der Waals surface area contributed by atoms with Crippen LogP contribution in [0.5, 0.6) is 0 Å². The molecule has 0 saturated heterocycles. The molecule has 0 bridgehead atoms. The van der Waals surface area contributed by atoms with Gasteiger partial charge in [0.05, 0.1) is 5.69 Å². The van der Waals surface area contributed by atoms with E-state index in [-0.39, 0.29) is 11.4 Å². The summed E-state index contributed by atoms with van der Waals surface area (Å²) in [4.78, 5) is -0.288. The second kappa shape index (κ2) is 4.87. The Labute approximate surface area is 75.2 Å². The van der Waals surface area contributed by atoms with E-state index in [9.17, 15) is 5.21 Å². The normalized spacial score (nSPS) is 12.2. The molecule has 1 N–H and O–H groups in total. The summed E-state index contributed by atoms with van der Waals surface area (Å²) >= 11 is 0. The quantitative estimate of drug-likeness (QED) is 0.252. The first-order chi connectivity index (χ1) is 6.29. The lowest BCUT2D eigenvalue weighted by Crippen LogP contribution is -1.98. The first-order valence-electron chi connectivity index (χ1n) is 3.70. The van der Waals surface area contributed by atoms with Gasteiger partial charge in [-0.3, -0.25) is 5.21 Å². The summed E-state index contributed by atoms with van der Waals surface area (Å²) in [5, 5.41) is 25.6. The van der Waals surface area contributed by atoms with Crippen LogP contribution < -0.4 is 0 Å². The fourth-order valence-electron chi connectivity index (χ4n) is 0.723. The van der Waals surface area contributed by atoms with E-state index in [2.05, 4.69) is 10.2 Å². The Kier molecular flexibility index (Phi) is 3.44. The standard InChI is InChI=1S/C8H9N3O2/c12-11(13)7-6-9-10-8-4-2-1-3-5-8/h1-5,7H,6H2,(H,12,13). The molecule has 0 fully saturated rings. The molecule has 0 aliphatic heterocycles. The fourth-order valence-corrected chi connectivity index (χ4v) is 0.723. The number of hydrogen-bond acceptors (Lipinski definition) is 4. The van der Waals surface area contributed by atoms with Crippen LogP contribution in [0.25, 0.3) is 0 Å². The lowest BCUT2D eigenvalue weighted by atomic mass is 10.3. The summed E-state index contributed by atoms with van der Waals surface area (Å²) in [7, 11) is 0. The van der Waals surface area contributed by atoms with E-state index in [1.54, 1.807) is 12.1 Å². The zero-order chi connectivity index (χ0) is 9.52. The van der Waals surface area contributed by atoms with E-state index < -0.39 is 0 Å². The molecule has 0 aliphatic rings. The van der Waals surface area contributed by atoms with Crippen molar-refractivity contribution in [3.8, 4) is 0 Å². The van der Waals surface area contributed by atoms with Crippen molar-refractivity contribution >= 4 is 11.9 Å². The van der Waals surface area contributed by atoms with Crippen molar-refractivity contribution in [1.29, 1.82) is 0 Å². The van der Waals surface area contributed by atoms with Gasteiger partial charge in [0.25, 0.3) is 0 Å². The van der Waals surface area contributed by atoms with Crippen LogP contribution in [0.1, 0.15) is 0 Å². The zero-order valence-corrected chi connectivity index (χ0v) is 6.87. The highest BCUT2D eigenvalue weighted by molar-refractivity contribution is 5.53. The van der Waals surface area contributed by atoms with Gasteiger partial charge < -0.3 is 5.21 Å². The van der Waals surface area contributed by atoms with Crippen LogP contribution in [-0.4, -0.2) is 22.9 Å². The van der Waals surface area contributed by atoms with Gasteiger partial charge in [0, 0.05) is 4.90 Å². The van der Waals surface area contributed by atoms with Crippen molar-refractivity contribution in [2.45, 2.75) is 0 Å². The molecule has 68 valence electrons. The van der Waals surface area contributed by atoms with Gasteiger partial charge in [-0.2, -0.15) is 10.2 Å². The first kappa shape index (κ1) is 9.18. The minimum atomic E-state index is -0.288. The molecular weight excluding hydrogens is 170 g/mol. The molecule has 1 rings (SSSR count). The Hall–Kier alpha value is -1.91. The molecule has 0 unspecified atom stereocenters. The largest absolute Gasteiger partial charge is 0.418 e. The number of nitrogens with zero attached hydrogens (tertiary/aromatic N) is 3. The van der Waals surface area contributed by atoms with Gasteiger partial charge in [-0.1, -0.05) is 18.2 Å². The molecule has 0 saturated carbocycles. The predicted molar refractivity (Wildman–Crippen MR) is 47.3 cm³/mol. The van der Waals surface area contributed by atoms with E-state index in [1.165, 1.54) is 0 Å². The average Bonchev–Trinajstić information content (AvgIpc) is 2.14. The summed E-state index contributed by atoms with van der Waals surface area (Å²) in [5.74, 6) is 0. The summed E-state index contributed by atoms with van der Waals surface area (Å²) in [5.41, 5.74) is 0.714. The summed E-state index contributed by atoms with van der Waals surface area (Å²) in [6.07, 6.45) is 0.965. The monoisotopic (exact) mass is 179 g/mol. The summed E-state index contributed by atoms with van der Waals surface area (Å²) in [6.45, 7) is 0.0644. The predicted octanol–water partition coefficient (Wildman–Crippen LogP) is 1.74. The van der Waals surface area contributed by atoms with Crippen LogP contribution in [0, 0.1) is 5.21 Å². The second-order valence-corrected chi connectivity index (χ2v) is 2.24. The molecular formula is C8H9N3O2. The Morgan fingerprint density at radius 3 is 2.69 bits per heavy atom. The molecule has 5 heteroatoms. The Bertz CT molecular complexity index is 304. The minimum Gasteiger partial charge on any atom is -0.418 e. The van der Waals surface area contributed by atoms with Gasteiger partial charge >= 0.3 is 0 Å². The summed E-state index contributed by atoms with van der Waals surface area (Å²) < 4.78 is 0. The molecule has 0 atom stereocenters. The Morgan fingerprint density at radius 1 is 1.38 bits per heavy atom. The van der Waals surface area contributed by atoms with E-state index in [0.29, 0.717) is 5.69 Å². The van der Waals surface area contributed by atoms with Crippen LogP contribution in [-0.2, 0) is 0 Å². The van der Waals surface area contributed by atoms with Gasteiger partial charge in [0.2, 0.25) is 6.21 Å². The third-order valence-corrected chi connectivity index (χ3v) is 1.26. The first-order valence-corrected chi connectivity index (χ1v) is 3.70. The Balaban J connectivity index is 2.46. The minimum absolute atomic E-state index is 0.0644. The molecule has 13 heavy (non-hydrogen) atoms. The van der Waals surface area contributed by atoms with Crippen LogP contribution in [0.3, 0.4) is 0 Å². The Morgan fingerprint density at radius 2 is 2.08 bits per heavy atom. The zero-order valence-electron chi connectivity index (χ0n) is 6.87. The maximum absolute atomic E-state index is 9.97. The maximum atomic E-state index is 9.97. The van der Waals surface area contributed by atoms with Crippen LogP contribution >= 0.6 is 0 Å². The average molecular weight is 179 g/mol. The van der Waals surface area contributed by atoms with Gasteiger partial charge in [-0.15, -0.1) is 0 Å². The molecule has 5 nitrogen and oxygen atoms in total. The number of azo groups is 1. The third kappa shape index (κ3) is 3.85. The van der Waals surface area contributed by atoms with Crippen LogP contribution in [0.2, 0.25) is 0 Å². The molecule has 1 aromatic rings. The number of hydrogen-bond donors (Lipinski definition) is 1. The van der Waals surface area contributed by atoms with E-state index in [1.807, 2.05) is 18.2 Å². The van der Waals surface area contributed by atoms with Crippen molar-refractivity contribution in [2.24, 2.45) is 10.2 Å². The highest BCUT2D eigenvalue weighted by Crippen LogP contribution is 2.09. The lowest BCUT2D eigenvalue weighted by Gasteiger charge is -1.87. The van der Waals surface area contributed by atoms with Crippen molar-refractivity contribution < 1.29 is 10.1 Å². The third-order valence-electron chi connectivity index (χ3n) is 1.26. The number of benzene rings is 1. The molecule has 0 radical (unpaired) electrons. The van der Waals surface area contributed by atoms with Crippen molar-refractivity contribution in [1.82, 2.24) is 0 Å². The lowest BCUT2D eigenvalue weighted by molar-refractivity contribution is -0.723. The molecule has 0 heterocycles. The summed E-state index contributed by atoms with van der Waals surface area (Å²) in [6, 6.07) is 9.13. The topological polar surface area (TPSA) is 71.0 Å². The molecule has 0 amide bonds. The molecule has 1 aromatic carbocycles. The highest BCUT2D eigenvalue weighted by atomic mass is 16.8. The molecule has 0 aromatic heterocycles.